The number of ether oxygens (including phenoxy) is 1. The van der Waals surface area contributed by atoms with Crippen molar-refractivity contribution in [1.82, 2.24) is 4.98 Å². The van der Waals surface area contributed by atoms with Gasteiger partial charge < -0.3 is 10.1 Å². The number of anilines is 2. The highest BCUT2D eigenvalue weighted by Gasteiger charge is 2.31. The van der Waals surface area contributed by atoms with E-state index in [1.165, 1.54) is 12.3 Å². The summed E-state index contributed by atoms with van der Waals surface area (Å²) in [5.74, 6) is -0.594. The summed E-state index contributed by atoms with van der Waals surface area (Å²) in [7, 11) is 0. The number of fused-ring (bicyclic) bond motifs is 1. The molecule has 0 fully saturated rings. The molecule has 28 heavy (non-hydrogen) atoms. The van der Waals surface area contributed by atoms with Crippen LogP contribution in [0, 0.1) is 13.8 Å². The van der Waals surface area contributed by atoms with Gasteiger partial charge in [-0.1, -0.05) is 12.1 Å². The molecule has 0 atom stereocenters. The minimum absolute atomic E-state index is 0.134. The van der Waals surface area contributed by atoms with Crippen molar-refractivity contribution in [2.75, 3.05) is 11.9 Å². The number of halogens is 3. The molecule has 1 heterocycles. The molecule has 0 aliphatic heterocycles. The van der Waals surface area contributed by atoms with Gasteiger partial charge in [0.05, 0.1) is 23.4 Å². The number of benzene rings is 2. The fourth-order valence-electron chi connectivity index (χ4n) is 2.83. The SMILES string of the molecule is CCOC(=O)c1cnc2cc(C(F)(F)F)ccc2c1Nc1ccc(C)c(C)c1. The second kappa shape index (κ2) is 7.50. The molecule has 4 nitrogen and oxygen atoms in total. The molecule has 0 unspecified atom stereocenters. The average molecular weight is 388 g/mol. The third-order valence-corrected chi connectivity index (χ3v) is 4.47. The largest absolute Gasteiger partial charge is 0.462 e. The maximum Gasteiger partial charge on any atom is 0.416 e. The molecule has 3 rings (SSSR count). The van der Waals surface area contributed by atoms with Gasteiger partial charge in [-0.2, -0.15) is 13.2 Å². The van der Waals surface area contributed by atoms with Crippen molar-refractivity contribution in [1.29, 1.82) is 0 Å². The number of pyridine rings is 1. The van der Waals surface area contributed by atoms with Crippen molar-refractivity contribution in [2.45, 2.75) is 26.9 Å². The number of carbonyl (C=O) groups excluding carboxylic acids is 1. The van der Waals surface area contributed by atoms with Gasteiger partial charge in [0.2, 0.25) is 0 Å². The number of hydrogen-bond donors (Lipinski definition) is 1. The van der Waals surface area contributed by atoms with Crippen LogP contribution in [0.5, 0.6) is 0 Å². The van der Waals surface area contributed by atoms with E-state index in [9.17, 15) is 18.0 Å². The second-order valence-corrected chi connectivity index (χ2v) is 6.42. The van der Waals surface area contributed by atoms with E-state index in [1.54, 1.807) is 6.92 Å². The lowest BCUT2D eigenvalue weighted by Gasteiger charge is -2.16. The first-order chi connectivity index (χ1) is 13.2. The Labute approximate surface area is 160 Å². The summed E-state index contributed by atoms with van der Waals surface area (Å²) < 4.78 is 44.2. The van der Waals surface area contributed by atoms with E-state index >= 15 is 0 Å². The second-order valence-electron chi connectivity index (χ2n) is 6.42. The molecule has 0 spiro atoms. The first-order valence-electron chi connectivity index (χ1n) is 8.72. The average Bonchev–Trinajstić information content (AvgIpc) is 2.64. The lowest BCUT2D eigenvalue weighted by atomic mass is 10.1. The fourth-order valence-corrected chi connectivity index (χ4v) is 2.83. The molecule has 0 saturated heterocycles. The maximum atomic E-state index is 13.0. The summed E-state index contributed by atoms with van der Waals surface area (Å²) in [6.07, 6.45) is -3.23. The zero-order chi connectivity index (χ0) is 20.5. The number of alkyl halides is 3. The molecule has 0 saturated carbocycles. The highest BCUT2D eigenvalue weighted by Crippen LogP contribution is 2.35. The van der Waals surface area contributed by atoms with Crippen LogP contribution in [0.3, 0.4) is 0 Å². The first kappa shape index (κ1) is 19.7. The van der Waals surface area contributed by atoms with E-state index in [2.05, 4.69) is 10.3 Å². The highest BCUT2D eigenvalue weighted by atomic mass is 19.4. The number of esters is 1. The molecule has 0 bridgehead atoms. The van der Waals surface area contributed by atoms with Crippen LogP contribution in [0.1, 0.15) is 34.0 Å². The Hall–Kier alpha value is -3.09. The van der Waals surface area contributed by atoms with Crippen LogP contribution >= 0.6 is 0 Å². The zero-order valence-electron chi connectivity index (χ0n) is 15.6. The fraction of sp³-hybridized carbons (Fsp3) is 0.238. The van der Waals surface area contributed by atoms with Crippen molar-refractivity contribution in [3.63, 3.8) is 0 Å². The van der Waals surface area contributed by atoms with Gasteiger partial charge in [0, 0.05) is 17.3 Å². The number of aromatic nitrogens is 1. The summed E-state index contributed by atoms with van der Waals surface area (Å²) in [6.45, 7) is 5.78. The van der Waals surface area contributed by atoms with Gasteiger partial charge in [-0.05, 0) is 56.2 Å². The van der Waals surface area contributed by atoms with Crippen LogP contribution in [-0.4, -0.2) is 17.6 Å². The number of carbonyl (C=O) groups is 1. The number of hydrogen-bond acceptors (Lipinski definition) is 4. The van der Waals surface area contributed by atoms with E-state index in [-0.39, 0.29) is 17.7 Å². The Kier molecular flexibility index (Phi) is 5.27. The van der Waals surface area contributed by atoms with E-state index in [0.29, 0.717) is 16.8 Å². The predicted octanol–water partition coefficient (Wildman–Crippen LogP) is 5.79. The van der Waals surface area contributed by atoms with Crippen LogP contribution < -0.4 is 5.32 Å². The van der Waals surface area contributed by atoms with Crippen molar-refractivity contribution < 1.29 is 22.7 Å². The van der Waals surface area contributed by atoms with Crippen molar-refractivity contribution >= 4 is 28.2 Å². The topological polar surface area (TPSA) is 51.2 Å². The lowest BCUT2D eigenvalue weighted by Crippen LogP contribution is -2.10. The zero-order valence-corrected chi connectivity index (χ0v) is 15.6. The molecule has 1 aromatic heterocycles. The molecule has 2 aromatic carbocycles. The van der Waals surface area contributed by atoms with Crippen LogP contribution in [0.25, 0.3) is 10.9 Å². The summed E-state index contributed by atoms with van der Waals surface area (Å²) in [4.78, 5) is 16.4. The maximum absolute atomic E-state index is 13.0. The highest BCUT2D eigenvalue weighted by molar-refractivity contribution is 6.06. The molecule has 0 aliphatic carbocycles. The van der Waals surface area contributed by atoms with E-state index in [4.69, 9.17) is 4.74 Å². The van der Waals surface area contributed by atoms with Crippen LogP contribution in [0.4, 0.5) is 24.5 Å². The van der Waals surface area contributed by atoms with E-state index in [0.717, 1.165) is 23.3 Å². The molecule has 0 aliphatic rings. The Balaban J connectivity index is 2.17. The quantitative estimate of drug-likeness (QED) is 0.575. The molecular weight excluding hydrogens is 369 g/mol. The van der Waals surface area contributed by atoms with Crippen molar-refractivity contribution in [3.05, 3.63) is 64.8 Å². The summed E-state index contributed by atoms with van der Waals surface area (Å²) in [6, 6.07) is 8.93. The predicted molar refractivity (Wildman–Crippen MR) is 102 cm³/mol. The molecular formula is C21H19F3N2O2. The monoisotopic (exact) mass is 388 g/mol. The summed E-state index contributed by atoms with van der Waals surface area (Å²) in [5.41, 5.74) is 2.71. The van der Waals surface area contributed by atoms with Gasteiger partial charge in [0.15, 0.2) is 0 Å². The van der Waals surface area contributed by atoms with E-state index in [1.807, 2.05) is 32.0 Å². The molecule has 1 N–H and O–H groups in total. The van der Waals surface area contributed by atoms with Crippen molar-refractivity contribution in [3.8, 4) is 0 Å². The van der Waals surface area contributed by atoms with Gasteiger partial charge in [0.1, 0.15) is 5.56 Å². The van der Waals surface area contributed by atoms with Gasteiger partial charge in [-0.25, -0.2) is 4.79 Å². The number of aryl methyl sites for hydroxylation is 2. The molecule has 3 aromatic rings. The summed E-state index contributed by atoms with van der Waals surface area (Å²) >= 11 is 0. The molecule has 7 heteroatoms. The lowest BCUT2D eigenvalue weighted by molar-refractivity contribution is -0.137. The molecule has 146 valence electrons. The van der Waals surface area contributed by atoms with Gasteiger partial charge in [-0.3, -0.25) is 4.98 Å². The third-order valence-electron chi connectivity index (χ3n) is 4.47. The Morgan fingerprint density at radius 2 is 1.86 bits per heavy atom. The Morgan fingerprint density at radius 1 is 1.11 bits per heavy atom. The van der Waals surface area contributed by atoms with Crippen LogP contribution in [0.15, 0.2) is 42.6 Å². The molecule has 0 amide bonds. The number of nitrogens with one attached hydrogen (secondary N) is 1. The number of rotatable bonds is 4. The van der Waals surface area contributed by atoms with Gasteiger partial charge >= 0.3 is 12.1 Å². The standard InChI is InChI=1S/C21H19F3N2O2/c1-4-28-20(27)17-11-25-18-10-14(21(22,23)24)6-8-16(18)19(17)26-15-7-5-12(2)13(3)9-15/h5-11H,4H2,1-3H3,(H,25,26). The normalized spacial score (nSPS) is 11.5. The molecule has 0 radical (unpaired) electrons. The minimum atomic E-state index is -4.47. The first-order valence-corrected chi connectivity index (χ1v) is 8.72. The summed E-state index contributed by atoms with van der Waals surface area (Å²) in [5, 5.41) is 3.56. The van der Waals surface area contributed by atoms with E-state index < -0.39 is 17.7 Å². The van der Waals surface area contributed by atoms with Gasteiger partial charge in [0.25, 0.3) is 0 Å². The van der Waals surface area contributed by atoms with Gasteiger partial charge in [-0.15, -0.1) is 0 Å². The van der Waals surface area contributed by atoms with Crippen LogP contribution in [-0.2, 0) is 10.9 Å². The van der Waals surface area contributed by atoms with Crippen LogP contribution in [0.2, 0.25) is 0 Å². The Morgan fingerprint density at radius 3 is 2.50 bits per heavy atom. The Bertz CT molecular complexity index is 1050. The third kappa shape index (κ3) is 3.93. The number of nitrogens with zero attached hydrogens (tertiary/aromatic N) is 1. The van der Waals surface area contributed by atoms with Crippen molar-refractivity contribution in [2.24, 2.45) is 0 Å². The minimum Gasteiger partial charge on any atom is -0.462 e. The smallest absolute Gasteiger partial charge is 0.416 e.